The van der Waals surface area contributed by atoms with E-state index in [4.69, 9.17) is 9.47 Å². The number of benzene rings is 2. The van der Waals surface area contributed by atoms with Gasteiger partial charge >= 0.3 is 5.69 Å². The quantitative estimate of drug-likeness (QED) is 0.307. The van der Waals surface area contributed by atoms with Crippen molar-refractivity contribution < 1.29 is 19.3 Å². The molecule has 4 bridgehead atoms. The van der Waals surface area contributed by atoms with E-state index in [-0.39, 0.29) is 11.4 Å². The van der Waals surface area contributed by atoms with Crippen LogP contribution in [0.15, 0.2) is 48.0 Å². The molecule has 4 fully saturated rings. The molecule has 4 aliphatic rings. The molecule has 0 heterocycles. The van der Waals surface area contributed by atoms with Gasteiger partial charge in [-0.25, -0.2) is 0 Å². The van der Waals surface area contributed by atoms with Gasteiger partial charge in [-0.05, 0) is 79.5 Å². The fourth-order valence-corrected chi connectivity index (χ4v) is 6.14. The zero-order valence-electron chi connectivity index (χ0n) is 17.7. The highest BCUT2D eigenvalue weighted by Crippen LogP contribution is 2.58. The Morgan fingerprint density at radius 3 is 2.19 bits per heavy atom. The minimum Gasteiger partial charge on any atom is -0.496 e. The SMILES string of the molecule is COC(=C1C2CC3CC(C2)CC1C3)c1cccc(Oc2ccc([N+](=O)[O-])cc2[N+](=O)[O-])c1. The predicted molar refractivity (Wildman–Crippen MR) is 117 cm³/mol. The Morgan fingerprint density at radius 1 is 0.906 bits per heavy atom. The second kappa shape index (κ2) is 7.93. The molecule has 0 spiro atoms. The minimum absolute atomic E-state index is 0.0426. The molecule has 0 amide bonds. The van der Waals surface area contributed by atoms with Gasteiger partial charge in [0.1, 0.15) is 11.5 Å². The minimum atomic E-state index is -0.677. The van der Waals surface area contributed by atoms with Gasteiger partial charge in [0, 0.05) is 11.6 Å². The van der Waals surface area contributed by atoms with Crippen molar-refractivity contribution in [3.8, 4) is 11.5 Å². The van der Waals surface area contributed by atoms with Crippen molar-refractivity contribution in [2.24, 2.45) is 23.7 Å². The average molecular weight is 436 g/mol. The number of methoxy groups -OCH3 is 1. The van der Waals surface area contributed by atoms with Crippen molar-refractivity contribution in [1.82, 2.24) is 0 Å². The Labute approximate surface area is 185 Å². The summed E-state index contributed by atoms with van der Waals surface area (Å²) >= 11 is 0. The van der Waals surface area contributed by atoms with Gasteiger partial charge in [0.2, 0.25) is 5.75 Å². The molecule has 0 N–H and O–H groups in total. The molecule has 0 aliphatic heterocycles. The third kappa shape index (κ3) is 3.59. The molecule has 8 nitrogen and oxygen atoms in total. The van der Waals surface area contributed by atoms with Gasteiger partial charge in [-0.15, -0.1) is 0 Å². The van der Waals surface area contributed by atoms with Gasteiger partial charge in [-0.2, -0.15) is 0 Å². The number of non-ortho nitro benzene ring substituents is 1. The number of nitro benzene ring substituents is 2. The smallest absolute Gasteiger partial charge is 0.318 e. The third-order valence-electron chi connectivity index (χ3n) is 7.16. The van der Waals surface area contributed by atoms with E-state index in [1.807, 2.05) is 18.2 Å². The topological polar surface area (TPSA) is 105 Å². The molecule has 0 atom stereocenters. The molecule has 6 rings (SSSR count). The van der Waals surface area contributed by atoms with Crippen molar-refractivity contribution in [3.63, 3.8) is 0 Å². The van der Waals surface area contributed by atoms with Crippen molar-refractivity contribution in [1.29, 1.82) is 0 Å². The highest BCUT2D eigenvalue weighted by atomic mass is 16.6. The van der Waals surface area contributed by atoms with E-state index in [0.29, 0.717) is 17.6 Å². The number of ether oxygens (including phenoxy) is 2. The van der Waals surface area contributed by atoms with Crippen LogP contribution >= 0.6 is 0 Å². The van der Waals surface area contributed by atoms with Gasteiger partial charge in [0.25, 0.3) is 5.69 Å². The second-order valence-electron chi connectivity index (χ2n) is 9.09. The molecule has 0 unspecified atom stereocenters. The Morgan fingerprint density at radius 2 is 1.59 bits per heavy atom. The molecule has 2 aromatic carbocycles. The van der Waals surface area contributed by atoms with Crippen LogP contribution in [0.3, 0.4) is 0 Å². The summed E-state index contributed by atoms with van der Waals surface area (Å²) in [6, 6.07) is 10.7. The van der Waals surface area contributed by atoms with E-state index in [0.717, 1.165) is 29.2 Å². The summed E-state index contributed by atoms with van der Waals surface area (Å²) in [7, 11) is 1.70. The first-order chi connectivity index (χ1) is 15.4. The van der Waals surface area contributed by atoms with Gasteiger partial charge in [-0.1, -0.05) is 12.1 Å². The number of nitro groups is 2. The fourth-order valence-electron chi connectivity index (χ4n) is 6.14. The lowest BCUT2D eigenvalue weighted by Crippen LogP contribution is -2.40. The van der Waals surface area contributed by atoms with Crippen LogP contribution in [0.4, 0.5) is 11.4 Å². The lowest BCUT2D eigenvalue weighted by atomic mass is 9.54. The second-order valence-corrected chi connectivity index (χ2v) is 9.09. The van der Waals surface area contributed by atoms with Crippen molar-refractivity contribution >= 4 is 17.1 Å². The fraction of sp³-hybridized carbons (Fsp3) is 0.417. The summed E-state index contributed by atoms with van der Waals surface area (Å²) in [4.78, 5) is 21.1. The number of hydrogen-bond acceptors (Lipinski definition) is 6. The molecule has 4 saturated carbocycles. The van der Waals surface area contributed by atoms with E-state index in [2.05, 4.69) is 0 Å². The number of allylic oxidation sites excluding steroid dienone is 1. The van der Waals surface area contributed by atoms with Crippen LogP contribution in [0.2, 0.25) is 0 Å². The van der Waals surface area contributed by atoms with Crippen molar-refractivity contribution in [2.45, 2.75) is 32.1 Å². The zero-order valence-corrected chi connectivity index (χ0v) is 17.7. The first kappa shape index (κ1) is 20.5. The monoisotopic (exact) mass is 436 g/mol. The van der Waals surface area contributed by atoms with Gasteiger partial charge in [-0.3, -0.25) is 20.2 Å². The first-order valence-corrected chi connectivity index (χ1v) is 10.9. The number of hydrogen-bond donors (Lipinski definition) is 0. The summed E-state index contributed by atoms with van der Waals surface area (Å²) in [5.74, 6) is 4.09. The molecule has 2 aromatic rings. The predicted octanol–water partition coefficient (Wildman–Crippen LogP) is 6.11. The zero-order chi connectivity index (χ0) is 22.4. The number of rotatable bonds is 6. The Hall–Kier alpha value is -3.42. The molecule has 0 saturated heterocycles. The van der Waals surface area contributed by atoms with Crippen LogP contribution in [-0.2, 0) is 4.74 Å². The average Bonchev–Trinajstić information content (AvgIpc) is 2.76. The first-order valence-electron chi connectivity index (χ1n) is 10.9. The van der Waals surface area contributed by atoms with Crippen LogP contribution in [-0.4, -0.2) is 17.0 Å². The normalized spacial score (nSPS) is 25.5. The van der Waals surface area contributed by atoms with Crippen LogP contribution < -0.4 is 4.74 Å². The van der Waals surface area contributed by atoms with Crippen LogP contribution in [0.5, 0.6) is 11.5 Å². The van der Waals surface area contributed by atoms with E-state index in [9.17, 15) is 20.2 Å². The summed E-state index contributed by atoms with van der Waals surface area (Å²) < 4.78 is 11.7. The van der Waals surface area contributed by atoms with E-state index < -0.39 is 15.5 Å². The molecule has 32 heavy (non-hydrogen) atoms. The Balaban J connectivity index is 1.48. The van der Waals surface area contributed by atoms with Crippen LogP contribution in [0.1, 0.15) is 37.7 Å². The molecule has 4 aliphatic carbocycles. The maximum atomic E-state index is 11.4. The summed E-state index contributed by atoms with van der Waals surface area (Å²) in [5.41, 5.74) is 1.50. The molecular weight excluding hydrogens is 412 g/mol. The highest BCUT2D eigenvalue weighted by molar-refractivity contribution is 5.66. The summed E-state index contributed by atoms with van der Waals surface area (Å²) in [6.45, 7) is 0. The highest BCUT2D eigenvalue weighted by Gasteiger charge is 2.46. The summed E-state index contributed by atoms with van der Waals surface area (Å²) in [6.07, 6.45) is 6.32. The van der Waals surface area contributed by atoms with E-state index >= 15 is 0 Å². The lowest BCUT2D eigenvalue weighted by molar-refractivity contribution is -0.394. The van der Waals surface area contributed by atoms with Gasteiger partial charge in [0.15, 0.2) is 0 Å². The maximum absolute atomic E-state index is 11.4. The van der Waals surface area contributed by atoms with Crippen molar-refractivity contribution in [2.75, 3.05) is 7.11 Å². The molecule has 0 radical (unpaired) electrons. The van der Waals surface area contributed by atoms with Gasteiger partial charge < -0.3 is 9.47 Å². The summed E-state index contributed by atoms with van der Waals surface area (Å²) in [5, 5.41) is 22.4. The number of nitrogens with zero attached hydrogens (tertiary/aromatic N) is 2. The molecular formula is C24H24N2O6. The maximum Gasteiger partial charge on any atom is 0.318 e. The third-order valence-corrected chi connectivity index (χ3v) is 7.16. The van der Waals surface area contributed by atoms with Crippen LogP contribution in [0, 0.1) is 43.9 Å². The molecule has 8 heteroatoms. The molecule has 0 aromatic heterocycles. The van der Waals surface area contributed by atoms with Crippen molar-refractivity contribution in [3.05, 3.63) is 73.8 Å². The van der Waals surface area contributed by atoms with E-state index in [1.165, 1.54) is 49.8 Å². The Bertz CT molecular complexity index is 1100. The Kier molecular flexibility index (Phi) is 5.07. The molecule has 166 valence electrons. The van der Waals surface area contributed by atoms with Crippen LogP contribution in [0.25, 0.3) is 5.76 Å². The lowest BCUT2D eigenvalue weighted by Gasteiger charge is -2.51. The van der Waals surface area contributed by atoms with E-state index in [1.54, 1.807) is 13.2 Å². The largest absolute Gasteiger partial charge is 0.496 e. The standard InChI is InChI=1S/C24H24N2O6/c1-31-24(23-17-8-14-7-15(10-17)11-18(23)9-14)16-3-2-4-20(12-16)32-22-6-5-19(25(27)28)13-21(22)26(29)30/h2-6,12-15,17-18H,7-11H2,1H3. The van der Waals surface area contributed by atoms with Gasteiger partial charge in [0.05, 0.1) is 23.0 Å².